The fourth-order valence-electron chi connectivity index (χ4n) is 7.36. The summed E-state index contributed by atoms with van der Waals surface area (Å²) in [5.74, 6) is 0.274. The molecule has 0 bridgehead atoms. The largest absolute Gasteiger partial charge is 0.380 e. The van der Waals surface area contributed by atoms with Crippen molar-refractivity contribution < 1.29 is 9.53 Å². The van der Waals surface area contributed by atoms with Crippen molar-refractivity contribution in [2.75, 3.05) is 81.6 Å². The van der Waals surface area contributed by atoms with Gasteiger partial charge in [-0.15, -0.1) is 0 Å². The van der Waals surface area contributed by atoms with Crippen LogP contribution in [0.3, 0.4) is 0 Å². The summed E-state index contributed by atoms with van der Waals surface area (Å²) in [6.45, 7) is 11.1. The molecule has 0 radical (unpaired) electrons. The quantitative estimate of drug-likeness (QED) is 0.395. The number of aromatic nitrogens is 2. The van der Waals surface area contributed by atoms with E-state index in [0.717, 1.165) is 64.3 Å². The Kier molecular flexibility index (Phi) is 7.98. The Morgan fingerprint density at radius 2 is 1.84 bits per heavy atom. The van der Waals surface area contributed by atoms with E-state index in [2.05, 4.69) is 67.7 Å². The number of rotatable bonds is 9. The van der Waals surface area contributed by atoms with Crippen molar-refractivity contribution in [1.29, 1.82) is 0 Å². The monoisotopic (exact) mass is 600 g/mol. The van der Waals surface area contributed by atoms with Crippen LogP contribution >= 0.6 is 0 Å². The predicted octanol–water partition coefficient (Wildman–Crippen LogP) is 3.50. The van der Waals surface area contributed by atoms with Crippen LogP contribution in [0, 0.1) is 5.41 Å². The smallest absolute Gasteiger partial charge is 0.271 e. The molecule has 1 aliphatic carbocycles. The van der Waals surface area contributed by atoms with Crippen molar-refractivity contribution in [3.8, 4) is 0 Å². The summed E-state index contributed by atoms with van der Waals surface area (Å²) >= 11 is 0. The fraction of sp³-hybridized carbons (Fsp3) is 0.594. The minimum absolute atomic E-state index is 0.0825. The highest BCUT2D eigenvalue weighted by Gasteiger charge is 2.50. The van der Waals surface area contributed by atoms with Crippen LogP contribution in [0.15, 0.2) is 34.5 Å². The number of ether oxygens (including phenoxy) is 1. The molecule has 1 aromatic heterocycles. The third-order valence-electron chi connectivity index (χ3n) is 10.0. The van der Waals surface area contributed by atoms with Gasteiger partial charge < -0.3 is 30.9 Å². The van der Waals surface area contributed by atoms with Crippen molar-refractivity contribution in [2.24, 2.45) is 21.4 Å². The van der Waals surface area contributed by atoms with Gasteiger partial charge in [-0.1, -0.05) is 6.92 Å². The minimum atomic E-state index is -0.645. The van der Waals surface area contributed by atoms with Crippen molar-refractivity contribution in [2.45, 2.75) is 51.1 Å². The number of amides is 1. The first kappa shape index (κ1) is 29.1. The number of piperazine rings is 1. The number of benzene rings is 1. The molecule has 12 nitrogen and oxygen atoms in total. The van der Waals surface area contributed by atoms with Gasteiger partial charge in [-0.2, -0.15) is 10.2 Å². The zero-order chi connectivity index (χ0) is 30.3. The first-order valence-electron chi connectivity index (χ1n) is 16.1. The molecule has 44 heavy (non-hydrogen) atoms. The van der Waals surface area contributed by atoms with Gasteiger partial charge in [0.1, 0.15) is 11.4 Å². The number of aryl methyl sites for hydroxylation is 1. The molecule has 4 N–H and O–H groups in total. The number of primary amides is 1. The molecule has 2 aromatic rings. The normalized spacial score (nSPS) is 22.5. The molecule has 5 heterocycles. The highest BCUT2D eigenvalue weighted by atomic mass is 16.5. The summed E-state index contributed by atoms with van der Waals surface area (Å²) < 4.78 is 5.45. The number of anilines is 4. The maximum Gasteiger partial charge on any atom is 0.271 e. The highest BCUT2D eigenvalue weighted by Crippen LogP contribution is 2.48. The van der Waals surface area contributed by atoms with Gasteiger partial charge in [0.15, 0.2) is 17.3 Å². The van der Waals surface area contributed by atoms with Crippen LogP contribution in [0.25, 0.3) is 5.70 Å². The van der Waals surface area contributed by atoms with Crippen molar-refractivity contribution in [3.63, 3.8) is 0 Å². The third kappa shape index (κ3) is 5.78. The number of carbonyl (C=O) groups excluding carboxylic acids is 1. The van der Waals surface area contributed by atoms with Gasteiger partial charge in [-0.25, -0.2) is 9.97 Å². The Balaban J connectivity index is 1.09. The SMILES string of the molecule is CCc1cc(Nc2nc(NC3CC4(COC4)C3)c(C3=CCN=N3)nc2C(N)=O)ccc1N1CCC(N2CCN(C)CC2)CC1. The van der Waals surface area contributed by atoms with Crippen LogP contribution in [0.5, 0.6) is 0 Å². The number of nitrogens with one attached hydrogen (secondary N) is 2. The Morgan fingerprint density at radius 1 is 1.07 bits per heavy atom. The topological polar surface area (TPSA) is 137 Å². The molecule has 4 aliphatic heterocycles. The Hall–Kier alpha value is -3.61. The summed E-state index contributed by atoms with van der Waals surface area (Å²) in [6.07, 6.45) is 7.20. The summed E-state index contributed by atoms with van der Waals surface area (Å²) in [7, 11) is 2.22. The maximum atomic E-state index is 12.6. The van der Waals surface area contributed by atoms with Gasteiger partial charge in [0, 0.05) is 68.1 Å². The summed E-state index contributed by atoms with van der Waals surface area (Å²) in [4.78, 5) is 29.8. The second-order valence-electron chi connectivity index (χ2n) is 13.1. The van der Waals surface area contributed by atoms with Crippen molar-refractivity contribution in [3.05, 3.63) is 41.2 Å². The number of nitrogens with two attached hydrogens (primary N) is 1. The highest BCUT2D eigenvalue weighted by molar-refractivity contribution is 5.97. The van der Waals surface area contributed by atoms with Crippen molar-refractivity contribution >= 4 is 34.6 Å². The van der Waals surface area contributed by atoms with E-state index in [1.54, 1.807) is 0 Å². The molecule has 0 unspecified atom stereocenters. The van der Waals surface area contributed by atoms with Gasteiger partial charge in [-0.05, 0) is 69.0 Å². The van der Waals surface area contributed by atoms with Gasteiger partial charge in [0.2, 0.25) is 0 Å². The zero-order valence-corrected chi connectivity index (χ0v) is 25.9. The van der Waals surface area contributed by atoms with Gasteiger partial charge in [-0.3, -0.25) is 9.69 Å². The second-order valence-corrected chi connectivity index (χ2v) is 13.1. The van der Waals surface area contributed by atoms with Crippen LogP contribution in [-0.2, 0) is 11.2 Å². The number of nitrogens with zero attached hydrogens (tertiary/aromatic N) is 7. The van der Waals surface area contributed by atoms with Crippen LogP contribution in [0.1, 0.15) is 54.4 Å². The number of likely N-dealkylation sites (N-methyl/N-ethyl adjacent to an activating group) is 1. The van der Waals surface area contributed by atoms with E-state index in [1.807, 2.05) is 6.08 Å². The average molecular weight is 601 g/mol. The summed E-state index contributed by atoms with van der Waals surface area (Å²) in [5, 5.41) is 15.3. The van der Waals surface area contributed by atoms with Crippen LogP contribution < -0.4 is 21.3 Å². The lowest BCUT2D eigenvalue weighted by Gasteiger charge is -2.53. The minimum Gasteiger partial charge on any atom is -0.380 e. The molecule has 1 amide bonds. The average Bonchev–Trinajstić information content (AvgIpc) is 3.53. The molecule has 3 saturated heterocycles. The van der Waals surface area contributed by atoms with Crippen LogP contribution in [-0.4, -0.2) is 104 Å². The maximum absolute atomic E-state index is 12.6. The Morgan fingerprint density at radius 3 is 2.48 bits per heavy atom. The molecule has 7 rings (SSSR count). The first-order chi connectivity index (χ1) is 21.4. The second kappa shape index (κ2) is 12.1. The van der Waals surface area contributed by atoms with E-state index in [1.165, 1.54) is 37.2 Å². The zero-order valence-electron chi connectivity index (χ0n) is 25.9. The van der Waals surface area contributed by atoms with Crippen molar-refractivity contribution in [1.82, 2.24) is 19.8 Å². The molecule has 1 spiro atoms. The lowest BCUT2D eigenvalue weighted by Crippen LogP contribution is -2.56. The Bertz CT molecular complexity index is 1450. The first-order valence-corrected chi connectivity index (χ1v) is 16.1. The molecule has 0 atom stereocenters. The Labute approximate surface area is 259 Å². The molecule has 4 fully saturated rings. The number of hydrogen-bond donors (Lipinski definition) is 3. The molecule has 12 heteroatoms. The number of hydrogen-bond acceptors (Lipinski definition) is 11. The number of carbonyl (C=O) groups is 1. The van der Waals surface area contributed by atoms with E-state index in [0.29, 0.717) is 41.0 Å². The van der Waals surface area contributed by atoms with Crippen LogP contribution in [0.2, 0.25) is 0 Å². The number of azo groups is 1. The van der Waals surface area contributed by atoms with E-state index in [-0.39, 0.29) is 11.7 Å². The summed E-state index contributed by atoms with van der Waals surface area (Å²) in [6, 6.07) is 7.35. The predicted molar refractivity (Wildman–Crippen MR) is 172 cm³/mol. The van der Waals surface area contributed by atoms with E-state index in [9.17, 15) is 4.79 Å². The summed E-state index contributed by atoms with van der Waals surface area (Å²) in [5.41, 5.74) is 10.7. The lowest BCUT2D eigenvalue weighted by atomic mass is 9.64. The van der Waals surface area contributed by atoms with E-state index in [4.69, 9.17) is 20.4 Å². The molecular weight excluding hydrogens is 556 g/mol. The van der Waals surface area contributed by atoms with Crippen LogP contribution in [0.4, 0.5) is 23.0 Å². The molecule has 1 saturated carbocycles. The lowest BCUT2D eigenvalue weighted by molar-refractivity contribution is -0.159. The standard InChI is InChI=1S/C32H44N10O2/c1-3-21-16-22(4-5-26(21)42-10-7-24(8-11-42)41-14-12-40(2)13-15-41)35-31-28(29(33)43)37-27(25-6-9-34-39-25)30(38-31)36-23-17-32(18-23)19-44-20-32/h4-6,16,23-24H,3,7-15,17-20H2,1-2H3,(H2,33,43)(H2,35,36,38). The van der Waals surface area contributed by atoms with E-state index < -0.39 is 5.91 Å². The molecule has 1 aromatic carbocycles. The molecule has 5 aliphatic rings. The van der Waals surface area contributed by atoms with Gasteiger partial charge in [0.25, 0.3) is 5.91 Å². The molecular formula is C32H44N10O2. The third-order valence-corrected chi connectivity index (χ3v) is 10.0. The van der Waals surface area contributed by atoms with Gasteiger partial charge in [0.05, 0.1) is 19.8 Å². The van der Waals surface area contributed by atoms with Gasteiger partial charge >= 0.3 is 0 Å². The number of piperidine rings is 1. The fourth-order valence-corrected chi connectivity index (χ4v) is 7.36. The molecule has 234 valence electrons. The van der Waals surface area contributed by atoms with E-state index >= 15 is 0 Å².